The Kier molecular flexibility index (Phi) is 7.92. The molecule has 3 aromatic carbocycles. The summed E-state index contributed by atoms with van der Waals surface area (Å²) in [5.74, 6) is 1.28. The third-order valence-corrected chi connectivity index (χ3v) is 9.03. The maximum atomic E-state index is 13.4. The number of methoxy groups -OCH3 is 1. The summed E-state index contributed by atoms with van der Waals surface area (Å²) in [6.07, 6.45) is 1.25. The highest BCUT2D eigenvalue weighted by atomic mass is 32.2. The minimum absolute atomic E-state index is 0.0755. The number of thiophene rings is 1. The molecule has 0 radical (unpaired) electrons. The van der Waals surface area contributed by atoms with E-state index >= 15 is 0 Å². The van der Waals surface area contributed by atoms with Crippen molar-refractivity contribution in [2.75, 3.05) is 7.11 Å². The van der Waals surface area contributed by atoms with E-state index in [1.807, 2.05) is 72.8 Å². The zero-order valence-corrected chi connectivity index (χ0v) is 22.1. The van der Waals surface area contributed by atoms with Gasteiger partial charge in [0.15, 0.2) is 0 Å². The molecular weight excluding hydrogens is 502 g/mol. The van der Waals surface area contributed by atoms with E-state index in [2.05, 4.69) is 17.3 Å². The minimum atomic E-state index is -0.343. The van der Waals surface area contributed by atoms with Gasteiger partial charge in [0.2, 0.25) is 0 Å². The Morgan fingerprint density at radius 2 is 1.65 bits per heavy atom. The average Bonchev–Trinajstić information content (AvgIpc) is 3.34. The Labute approximate surface area is 224 Å². The number of oxime groups is 1. The first-order valence-electron chi connectivity index (χ1n) is 12.0. The number of fused-ring (bicyclic) bond motifs is 1. The number of carbonyl (C=O) groups is 1. The first-order chi connectivity index (χ1) is 18.2. The van der Waals surface area contributed by atoms with Gasteiger partial charge in [-0.3, -0.25) is 0 Å². The Bertz CT molecular complexity index is 1380. The van der Waals surface area contributed by atoms with Crippen LogP contribution < -0.4 is 4.74 Å². The Morgan fingerprint density at radius 1 is 0.973 bits per heavy atom. The Hall–Kier alpha value is -3.55. The van der Waals surface area contributed by atoms with Crippen LogP contribution in [-0.4, -0.2) is 24.0 Å². The molecule has 188 valence electrons. The molecule has 1 aliphatic carbocycles. The fourth-order valence-electron chi connectivity index (χ4n) is 4.56. The van der Waals surface area contributed by atoms with E-state index in [1.165, 1.54) is 16.9 Å². The molecule has 0 bridgehead atoms. The summed E-state index contributed by atoms with van der Waals surface area (Å²) >= 11 is 3.10. The molecule has 37 heavy (non-hydrogen) atoms. The molecule has 5 rings (SSSR count). The van der Waals surface area contributed by atoms with Crippen molar-refractivity contribution in [3.05, 3.63) is 118 Å². The molecule has 0 fully saturated rings. The Balaban J connectivity index is 1.47. The summed E-state index contributed by atoms with van der Waals surface area (Å²) in [4.78, 5) is 13.9. The summed E-state index contributed by atoms with van der Waals surface area (Å²) in [6.45, 7) is 0.210. The number of ether oxygens (including phenoxy) is 2. The number of esters is 1. The topological polar surface area (TPSA) is 68.1 Å². The number of rotatable bonds is 8. The smallest absolute Gasteiger partial charge is 0.348 e. The predicted molar refractivity (Wildman–Crippen MR) is 148 cm³/mol. The van der Waals surface area contributed by atoms with Crippen molar-refractivity contribution in [3.63, 3.8) is 0 Å². The van der Waals surface area contributed by atoms with Crippen LogP contribution in [0.4, 0.5) is 0 Å². The first-order valence-corrected chi connectivity index (χ1v) is 13.8. The maximum Gasteiger partial charge on any atom is 0.348 e. The van der Waals surface area contributed by atoms with E-state index in [4.69, 9.17) is 9.47 Å². The highest BCUT2D eigenvalue weighted by Gasteiger charge is 2.34. The molecule has 1 unspecified atom stereocenters. The lowest BCUT2D eigenvalue weighted by Gasteiger charge is -2.25. The van der Waals surface area contributed by atoms with Crippen LogP contribution in [0.15, 0.2) is 94.3 Å². The first kappa shape index (κ1) is 25.1. The molecule has 1 aliphatic rings. The van der Waals surface area contributed by atoms with Gasteiger partial charge in [0.1, 0.15) is 17.2 Å². The fourth-order valence-corrected chi connectivity index (χ4v) is 7.08. The fraction of sp³-hybridized carbons (Fsp3) is 0.200. The lowest BCUT2D eigenvalue weighted by molar-refractivity contribution is 0.0477. The molecule has 4 aromatic rings. The van der Waals surface area contributed by atoms with Crippen LogP contribution in [0.25, 0.3) is 0 Å². The van der Waals surface area contributed by atoms with Gasteiger partial charge in [-0.1, -0.05) is 78.0 Å². The van der Waals surface area contributed by atoms with Crippen LogP contribution in [0.5, 0.6) is 5.75 Å². The minimum Gasteiger partial charge on any atom is -0.497 e. The number of nitrogens with zero attached hydrogens (tertiary/aromatic N) is 1. The molecule has 7 heteroatoms. The monoisotopic (exact) mass is 529 g/mol. The van der Waals surface area contributed by atoms with Gasteiger partial charge < -0.3 is 14.7 Å². The zero-order valence-electron chi connectivity index (χ0n) is 20.4. The molecule has 1 aromatic heterocycles. The third-order valence-electron chi connectivity index (χ3n) is 6.47. The number of thioether (sulfide) groups is 1. The van der Waals surface area contributed by atoms with Crippen LogP contribution in [0.3, 0.4) is 0 Å². The van der Waals surface area contributed by atoms with Crippen molar-refractivity contribution in [2.24, 2.45) is 5.16 Å². The lowest BCUT2D eigenvalue weighted by atomic mass is 9.80. The van der Waals surface area contributed by atoms with E-state index in [1.54, 1.807) is 18.9 Å². The highest BCUT2D eigenvalue weighted by molar-refractivity contribution is 8.00. The van der Waals surface area contributed by atoms with Crippen molar-refractivity contribution in [1.82, 2.24) is 0 Å². The van der Waals surface area contributed by atoms with Gasteiger partial charge in [-0.2, -0.15) is 0 Å². The summed E-state index contributed by atoms with van der Waals surface area (Å²) < 4.78 is 12.0. The maximum absolute atomic E-state index is 13.4. The largest absolute Gasteiger partial charge is 0.497 e. The molecule has 1 heterocycles. The molecule has 0 aliphatic heterocycles. The van der Waals surface area contributed by atoms with E-state index in [9.17, 15) is 10.0 Å². The van der Waals surface area contributed by atoms with E-state index < -0.39 is 0 Å². The molecule has 1 N–H and O–H groups in total. The van der Waals surface area contributed by atoms with Gasteiger partial charge >= 0.3 is 5.97 Å². The molecule has 0 saturated carbocycles. The quantitative estimate of drug-likeness (QED) is 0.112. The average molecular weight is 530 g/mol. The van der Waals surface area contributed by atoms with Crippen LogP contribution >= 0.6 is 23.1 Å². The van der Waals surface area contributed by atoms with E-state index in [-0.39, 0.29) is 18.5 Å². The number of benzene rings is 3. The van der Waals surface area contributed by atoms with Crippen molar-refractivity contribution in [1.29, 1.82) is 0 Å². The van der Waals surface area contributed by atoms with Crippen molar-refractivity contribution < 1.29 is 19.5 Å². The SMILES string of the molecule is COc1ccc(C2C/C(=N\O)c3c(SCc4ccccc4)sc(C(=O)OCc4ccccc4)c3C2)cc1. The molecule has 0 spiro atoms. The summed E-state index contributed by atoms with van der Waals surface area (Å²) in [5.41, 5.74) is 5.63. The zero-order chi connectivity index (χ0) is 25.6. The van der Waals surface area contributed by atoms with Crippen molar-refractivity contribution >= 4 is 34.8 Å². The highest BCUT2D eigenvalue weighted by Crippen LogP contribution is 2.45. The molecular formula is C30H27NO4S2. The van der Waals surface area contributed by atoms with Gasteiger partial charge in [-0.05, 0) is 46.7 Å². The standard InChI is InChI=1S/C30H27NO4S2/c1-34-24-14-12-22(13-15-24)23-16-25-27(26(17-23)31-33)30(36-19-21-10-6-3-7-11-21)37-28(25)29(32)35-18-20-8-4-2-5-9-20/h2-15,23,33H,16-19H2,1H3/b31-26+. The molecule has 5 nitrogen and oxygen atoms in total. The van der Waals surface area contributed by atoms with E-state index in [0.717, 1.165) is 38.0 Å². The van der Waals surface area contributed by atoms with Gasteiger partial charge in [-0.25, -0.2) is 4.79 Å². The normalized spacial score (nSPS) is 15.8. The number of hydrogen-bond acceptors (Lipinski definition) is 7. The third kappa shape index (κ3) is 5.73. The van der Waals surface area contributed by atoms with Crippen LogP contribution in [0.2, 0.25) is 0 Å². The van der Waals surface area contributed by atoms with Crippen LogP contribution in [-0.2, 0) is 23.5 Å². The van der Waals surface area contributed by atoms with Crippen molar-refractivity contribution in [3.8, 4) is 5.75 Å². The second-order valence-corrected chi connectivity index (χ2v) is 11.1. The second-order valence-electron chi connectivity index (χ2n) is 8.83. The molecule has 0 amide bonds. The number of hydrogen-bond donors (Lipinski definition) is 1. The molecule has 0 saturated heterocycles. The Morgan fingerprint density at radius 3 is 2.30 bits per heavy atom. The van der Waals surface area contributed by atoms with Gasteiger partial charge in [-0.15, -0.1) is 23.1 Å². The van der Waals surface area contributed by atoms with Gasteiger partial charge in [0.25, 0.3) is 0 Å². The summed E-state index contributed by atoms with van der Waals surface area (Å²) in [6, 6.07) is 27.8. The van der Waals surface area contributed by atoms with Crippen LogP contribution in [0, 0.1) is 0 Å². The lowest BCUT2D eigenvalue weighted by Crippen LogP contribution is -2.21. The summed E-state index contributed by atoms with van der Waals surface area (Å²) in [7, 11) is 1.64. The predicted octanol–water partition coefficient (Wildman–Crippen LogP) is 7.31. The second kappa shape index (κ2) is 11.7. The van der Waals surface area contributed by atoms with Gasteiger partial charge in [0, 0.05) is 17.7 Å². The van der Waals surface area contributed by atoms with Crippen molar-refractivity contribution in [2.45, 2.75) is 35.3 Å². The van der Waals surface area contributed by atoms with Gasteiger partial charge in [0.05, 0.1) is 17.0 Å². The number of carbonyl (C=O) groups excluding carboxylic acids is 1. The molecule has 1 atom stereocenters. The van der Waals surface area contributed by atoms with Crippen LogP contribution in [0.1, 0.15) is 49.8 Å². The summed E-state index contributed by atoms with van der Waals surface area (Å²) in [5, 5.41) is 13.8. The van der Waals surface area contributed by atoms with E-state index in [0.29, 0.717) is 23.4 Å².